The summed E-state index contributed by atoms with van der Waals surface area (Å²) in [5.74, 6) is -1.73. The van der Waals surface area contributed by atoms with E-state index in [1.54, 1.807) is 0 Å². The molecule has 0 amide bonds. The van der Waals surface area contributed by atoms with E-state index < -0.39 is 60.1 Å². The van der Waals surface area contributed by atoms with Crippen LogP contribution in [0.25, 0.3) is 0 Å². The van der Waals surface area contributed by atoms with E-state index in [9.17, 15) is 45.3 Å². The molecule has 144 valence electrons. The molecular formula is C13H6N4O11. The maximum atomic E-state index is 11.9. The lowest BCUT2D eigenvalue weighted by atomic mass is 10.2. The second-order valence-electron chi connectivity index (χ2n) is 4.73. The fraction of sp³-hybridized carbons (Fsp3) is 0. The van der Waals surface area contributed by atoms with Gasteiger partial charge in [-0.3, -0.25) is 40.5 Å². The molecule has 0 radical (unpaired) electrons. The van der Waals surface area contributed by atoms with Crippen LogP contribution in [0.4, 0.5) is 27.5 Å². The molecule has 0 heterocycles. The Hall–Kier alpha value is -4.69. The van der Waals surface area contributed by atoms with Gasteiger partial charge in [0.25, 0.3) is 0 Å². The van der Waals surface area contributed by atoms with Crippen LogP contribution in [0, 0.1) is 40.5 Å². The molecule has 0 saturated heterocycles. The minimum absolute atomic E-state index is 0.793. The summed E-state index contributed by atoms with van der Waals surface area (Å²) >= 11 is 0. The van der Waals surface area contributed by atoms with Crippen LogP contribution in [-0.4, -0.2) is 25.8 Å². The number of hydrogen-bond donors (Lipinski definition) is 0. The van der Waals surface area contributed by atoms with Crippen molar-refractivity contribution in [3.05, 3.63) is 76.9 Å². The topological polar surface area (TPSA) is 208 Å². The van der Waals surface area contributed by atoms with E-state index in [1.807, 2.05) is 0 Å². The Labute approximate surface area is 152 Å². The first-order valence-electron chi connectivity index (χ1n) is 6.86. The van der Waals surface area contributed by atoms with Gasteiger partial charge in [-0.25, -0.2) is 4.79 Å². The fourth-order valence-corrected chi connectivity index (χ4v) is 2.05. The summed E-state index contributed by atoms with van der Waals surface area (Å²) in [5.41, 5.74) is -4.26. The maximum Gasteiger partial charge on any atom is 0.519 e. The molecule has 0 N–H and O–H groups in total. The lowest BCUT2D eigenvalue weighted by molar-refractivity contribution is -0.423. The number of nitro groups is 4. The van der Waals surface area contributed by atoms with Crippen LogP contribution in [0.5, 0.6) is 11.5 Å². The molecular weight excluding hydrogens is 388 g/mol. The molecule has 0 bridgehead atoms. The van der Waals surface area contributed by atoms with Gasteiger partial charge in [0.2, 0.25) is 11.5 Å². The van der Waals surface area contributed by atoms with Crippen LogP contribution in [0.1, 0.15) is 0 Å². The van der Waals surface area contributed by atoms with Gasteiger partial charge in [-0.05, 0) is 12.1 Å². The predicted octanol–water partition coefficient (Wildman–Crippen LogP) is 2.90. The molecule has 0 unspecified atom stereocenters. The van der Waals surface area contributed by atoms with Gasteiger partial charge < -0.3 is 9.47 Å². The fourth-order valence-electron chi connectivity index (χ4n) is 2.05. The summed E-state index contributed by atoms with van der Waals surface area (Å²) in [7, 11) is 0. The average molecular weight is 394 g/mol. The zero-order chi connectivity index (χ0) is 21.0. The minimum atomic E-state index is -1.74. The first-order valence-corrected chi connectivity index (χ1v) is 6.86. The van der Waals surface area contributed by atoms with Crippen LogP contribution in [0.3, 0.4) is 0 Å². The lowest BCUT2D eigenvalue weighted by Crippen LogP contribution is -2.16. The summed E-state index contributed by atoms with van der Waals surface area (Å²) in [4.78, 5) is 51.2. The van der Waals surface area contributed by atoms with Gasteiger partial charge in [0.1, 0.15) is 0 Å². The Bertz CT molecular complexity index is 940. The van der Waals surface area contributed by atoms with Gasteiger partial charge in [0, 0.05) is 12.1 Å². The molecule has 0 spiro atoms. The standard InChI is InChI=1S/C13H6N4O11/c18-13(27-9-5-1-3-7(14(19)20)11(9)16(23)24)28-10-6-2-4-8(15(21)22)12(10)17(25)26/h1-6H. The number of carbonyl (C=O) groups excluding carboxylic acids is 1. The number of rotatable bonds is 6. The number of nitrogens with zero attached hydrogens (tertiary/aromatic N) is 4. The van der Waals surface area contributed by atoms with E-state index in [0.717, 1.165) is 36.4 Å². The molecule has 2 rings (SSSR count). The summed E-state index contributed by atoms with van der Waals surface area (Å²) < 4.78 is 9.07. The monoisotopic (exact) mass is 394 g/mol. The highest BCUT2D eigenvalue weighted by Gasteiger charge is 2.33. The van der Waals surface area contributed by atoms with Crippen molar-refractivity contribution in [2.75, 3.05) is 0 Å². The number of benzene rings is 2. The Kier molecular flexibility index (Phi) is 5.39. The smallest absolute Gasteiger partial charge is 0.387 e. The highest BCUT2D eigenvalue weighted by molar-refractivity contribution is 5.74. The van der Waals surface area contributed by atoms with Gasteiger partial charge in [0.05, 0.1) is 19.7 Å². The van der Waals surface area contributed by atoms with Gasteiger partial charge in [0.15, 0.2) is 0 Å². The van der Waals surface area contributed by atoms with Crippen LogP contribution in [-0.2, 0) is 0 Å². The SMILES string of the molecule is O=C(Oc1cccc([N+](=O)[O-])c1[N+](=O)[O-])Oc1cccc([N+](=O)[O-])c1[N+](=O)[O-]. The van der Waals surface area contributed by atoms with Crippen molar-refractivity contribution >= 4 is 28.9 Å². The predicted molar refractivity (Wildman–Crippen MR) is 86.2 cm³/mol. The molecule has 2 aromatic rings. The minimum Gasteiger partial charge on any atom is -0.387 e. The van der Waals surface area contributed by atoms with Crippen molar-refractivity contribution in [2.24, 2.45) is 0 Å². The Morgan fingerprint density at radius 1 is 0.643 bits per heavy atom. The second kappa shape index (κ2) is 7.68. The van der Waals surface area contributed by atoms with E-state index in [-0.39, 0.29) is 0 Å². The summed E-state index contributed by atoms with van der Waals surface area (Å²) in [6, 6.07) is 5.28. The van der Waals surface area contributed by atoms with Crippen molar-refractivity contribution in [3.63, 3.8) is 0 Å². The molecule has 15 nitrogen and oxygen atoms in total. The Morgan fingerprint density at radius 3 is 1.29 bits per heavy atom. The summed E-state index contributed by atoms with van der Waals surface area (Å²) in [5, 5.41) is 43.8. The number of hydrogen-bond acceptors (Lipinski definition) is 11. The van der Waals surface area contributed by atoms with E-state index in [0.29, 0.717) is 0 Å². The van der Waals surface area contributed by atoms with E-state index >= 15 is 0 Å². The Morgan fingerprint density at radius 2 is 1.00 bits per heavy atom. The molecule has 28 heavy (non-hydrogen) atoms. The summed E-state index contributed by atoms with van der Waals surface area (Å²) in [6.45, 7) is 0. The molecule has 0 atom stereocenters. The molecule has 0 aliphatic heterocycles. The second-order valence-corrected chi connectivity index (χ2v) is 4.73. The first kappa shape index (κ1) is 19.6. The third kappa shape index (κ3) is 3.93. The van der Waals surface area contributed by atoms with Crippen molar-refractivity contribution in [2.45, 2.75) is 0 Å². The van der Waals surface area contributed by atoms with E-state index in [4.69, 9.17) is 0 Å². The molecule has 2 aromatic carbocycles. The van der Waals surface area contributed by atoms with Crippen LogP contribution < -0.4 is 9.47 Å². The van der Waals surface area contributed by atoms with Crippen molar-refractivity contribution in [3.8, 4) is 11.5 Å². The number of carbonyl (C=O) groups is 1. The highest BCUT2D eigenvalue weighted by Crippen LogP contribution is 2.38. The molecule has 0 aromatic heterocycles. The van der Waals surface area contributed by atoms with Crippen LogP contribution in [0.15, 0.2) is 36.4 Å². The van der Waals surface area contributed by atoms with Crippen molar-refractivity contribution < 1.29 is 34.0 Å². The van der Waals surface area contributed by atoms with Gasteiger partial charge >= 0.3 is 28.9 Å². The Balaban J connectivity index is 2.39. The molecule has 0 aliphatic rings. The molecule has 0 aliphatic carbocycles. The molecule has 0 fully saturated rings. The zero-order valence-corrected chi connectivity index (χ0v) is 13.2. The normalized spacial score (nSPS) is 10.0. The average Bonchev–Trinajstić information content (AvgIpc) is 2.60. The van der Waals surface area contributed by atoms with Gasteiger partial charge in [-0.15, -0.1) is 0 Å². The largest absolute Gasteiger partial charge is 0.519 e. The number of nitro benzene ring substituents is 4. The van der Waals surface area contributed by atoms with E-state index in [1.165, 1.54) is 0 Å². The first-order chi connectivity index (χ1) is 13.1. The lowest BCUT2D eigenvalue weighted by Gasteiger charge is -2.06. The van der Waals surface area contributed by atoms with Crippen LogP contribution >= 0.6 is 0 Å². The van der Waals surface area contributed by atoms with Gasteiger partial charge in [-0.2, -0.15) is 0 Å². The van der Waals surface area contributed by atoms with Crippen LogP contribution in [0.2, 0.25) is 0 Å². The van der Waals surface area contributed by atoms with E-state index in [2.05, 4.69) is 9.47 Å². The number of para-hydroxylation sites is 2. The number of ether oxygens (including phenoxy) is 2. The molecule has 15 heteroatoms. The van der Waals surface area contributed by atoms with Crippen molar-refractivity contribution in [1.82, 2.24) is 0 Å². The molecule has 0 saturated carbocycles. The quantitative estimate of drug-likeness (QED) is 0.301. The highest BCUT2D eigenvalue weighted by atomic mass is 16.7. The summed E-state index contributed by atoms with van der Waals surface area (Å²) in [6.07, 6.45) is -1.74. The third-order valence-electron chi connectivity index (χ3n) is 3.10. The van der Waals surface area contributed by atoms with Gasteiger partial charge in [-0.1, -0.05) is 12.1 Å². The maximum absolute atomic E-state index is 11.9. The zero-order valence-electron chi connectivity index (χ0n) is 13.2. The van der Waals surface area contributed by atoms with Crippen molar-refractivity contribution in [1.29, 1.82) is 0 Å². The third-order valence-corrected chi connectivity index (χ3v) is 3.10.